The SMILES string of the molecule is Cc1cc(CNCCCNCC(C)C)no1. The van der Waals surface area contributed by atoms with Gasteiger partial charge >= 0.3 is 0 Å². The second kappa shape index (κ2) is 7.41. The zero-order chi connectivity index (χ0) is 11.8. The third-order valence-corrected chi connectivity index (χ3v) is 2.24. The summed E-state index contributed by atoms with van der Waals surface area (Å²) in [6.45, 7) is 10.3. The first-order chi connectivity index (χ1) is 7.68. The fourth-order valence-corrected chi connectivity index (χ4v) is 1.45. The van der Waals surface area contributed by atoms with Gasteiger partial charge in [-0.15, -0.1) is 0 Å². The molecule has 0 amide bonds. The fraction of sp³-hybridized carbons (Fsp3) is 0.750. The van der Waals surface area contributed by atoms with Crippen molar-refractivity contribution in [2.45, 2.75) is 33.7 Å². The third-order valence-electron chi connectivity index (χ3n) is 2.24. The minimum Gasteiger partial charge on any atom is -0.361 e. The summed E-state index contributed by atoms with van der Waals surface area (Å²) in [7, 11) is 0. The van der Waals surface area contributed by atoms with Crippen molar-refractivity contribution in [2.24, 2.45) is 5.92 Å². The Kier molecular flexibility index (Phi) is 6.11. The van der Waals surface area contributed by atoms with E-state index in [-0.39, 0.29) is 0 Å². The van der Waals surface area contributed by atoms with Crippen LogP contribution in [0, 0.1) is 12.8 Å². The molecule has 1 aromatic rings. The summed E-state index contributed by atoms with van der Waals surface area (Å²) in [5.74, 6) is 1.60. The molecule has 4 heteroatoms. The van der Waals surface area contributed by atoms with Crippen molar-refractivity contribution >= 4 is 0 Å². The van der Waals surface area contributed by atoms with Crippen LogP contribution in [0.1, 0.15) is 31.7 Å². The Hall–Kier alpha value is -0.870. The summed E-state index contributed by atoms with van der Waals surface area (Å²) in [5.41, 5.74) is 0.979. The molecule has 0 atom stereocenters. The van der Waals surface area contributed by atoms with Gasteiger partial charge in [0.15, 0.2) is 0 Å². The Balaban J connectivity index is 1.92. The van der Waals surface area contributed by atoms with E-state index in [0.717, 1.165) is 50.0 Å². The highest BCUT2D eigenvalue weighted by Gasteiger charge is 1.98. The molecule has 0 fully saturated rings. The lowest BCUT2D eigenvalue weighted by molar-refractivity contribution is 0.388. The fourth-order valence-electron chi connectivity index (χ4n) is 1.45. The Morgan fingerprint density at radius 1 is 1.31 bits per heavy atom. The van der Waals surface area contributed by atoms with E-state index < -0.39 is 0 Å². The lowest BCUT2D eigenvalue weighted by Gasteiger charge is -2.07. The molecule has 0 spiro atoms. The Labute approximate surface area is 97.8 Å². The number of nitrogens with zero attached hydrogens (tertiary/aromatic N) is 1. The predicted molar refractivity (Wildman–Crippen MR) is 65.3 cm³/mol. The van der Waals surface area contributed by atoms with Gasteiger partial charge in [0, 0.05) is 12.6 Å². The van der Waals surface area contributed by atoms with Gasteiger partial charge in [0.05, 0.1) is 5.69 Å². The molecule has 92 valence electrons. The molecule has 16 heavy (non-hydrogen) atoms. The van der Waals surface area contributed by atoms with Crippen LogP contribution in [-0.4, -0.2) is 24.8 Å². The largest absolute Gasteiger partial charge is 0.361 e. The molecular formula is C12H23N3O. The summed E-state index contributed by atoms with van der Waals surface area (Å²) < 4.78 is 4.98. The van der Waals surface area contributed by atoms with Crippen LogP contribution in [0.25, 0.3) is 0 Å². The molecule has 1 aromatic heterocycles. The zero-order valence-electron chi connectivity index (χ0n) is 10.5. The maximum absolute atomic E-state index is 4.98. The molecule has 1 rings (SSSR count). The molecule has 0 radical (unpaired) electrons. The summed E-state index contributed by atoms with van der Waals surface area (Å²) in [6, 6.07) is 1.96. The van der Waals surface area contributed by atoms with E-state index in [1.807, 2.05) is 13.0 Å². The minimum atomic E-state index is 0.728. The summed E-state index contributed by atoms with van der Waals surface area (Å²) in [6.07, 6.45) is 1.14. The van der Waals surface area contributed by atoms with Crippen LogP contribution in [0.15, 0.2) is 10.6 Å². The molecule has 0 aliphatic rings. The van der Waals surface area contributed by atoms with E-state index in [1.165, 1.54) is 0 Å². The predicted octanol–water partition coefficient (Wildman–Crippen LogP) is 1.71. The maximum atomic E-state index is 4.98. The van der Waals surface area contributed by atoms with Crippen LogP contribution < -0.4 is 10.6 Å². The summed E-state index contributed by atoms with van der Waals surface area (Å²) >= 11 is 0. The topological polar surface area (TPSA) is 50.1 Å². The van der Waals surface area contributed by atoms with E-state index in [1.54, 1.807) is 0 Å². The van der Waals surface area contributed by atoms with Crippen molar-refractivity contribution in [1.82, 2.24) is 15.8 Å². The molecule has 0 saturated carbocycles. The zero-order valence-corrected chi connectivity index (χ0v) is 10.5. The van der Waals surface area contributed by atoms with Crippen LogP contribution in [-0.2, 0) is 6.54 Å². The summed E-state index contributed by atoms with van der Waals surface area (Å²) in [4.78, 5) is 0. The molecule has 0 saturated heterocycles. The average Bonchev–Trinajstić information content (AvgIpc) is 2.62. The lowest BCUT2D eigenvalue weighted by Crippen LogP contribution is -2.24. The standard InChI is InChI=1S/C12H23N3O/c1-10(2)8-13-5-4-6-14-9-12-7-11(3)16-15-12/h7,10,13-14H,4-6,8-9H2,1-3H3. The number of aryl methyl sites for hydroxylation is 1. The van der Waals surface area contributed by atoms with E-state index >= 15 is 0 Å². The first-order valence-corrected chi connectivity index (χ1v) is 6.02. The molecule has 1 heterocycles. The van der Waals surface area contributed by atoms with Crippen LogP contribution in [0.4, 0.5) is 0 Å². The van der Waals surface area contributed by atoms with Gasteiger partial charge in [-0.2, -0.15) is 0 Å². The van der Waals surface area contributed by atoms with Gasteiger partial charge < -0.3 is 15.2 Å². The number of rotatable bonds is 8. The molecule has 0 bridgehead atoms. The van der Waals surface area contributed by atoms with Gasteiger partial charge in [0.2, 0.25) is 0 Å². The molecular weight excluding hydrogens is 202 g/mol. The van der Waals surface area contributed by atoms with Gasteiger partial charge in [-0.05, 0) is 38.9 Å². The highest BCUT2D eigenvalue weighted by Crippen LogP contribution is 2.00. The van der Waals surface area contributed by atoms with Crippen LogP contribution in [0.5, 0.6) is 0 Å². The van der Waals surface area contributed by atoms with E-state index in [9.17, 15) is 0 Å². The van der Waals surface area contributed by atoms with Crippen LogP contribution in [0.3, 0.4) is 0 Å². The smallest absolute Gasteiger partial charge is 0.133 e. The van der Waals surface area contributed by atoms with Gasteiger partial charge in [0.1, 0.15) is 5.76 Å². The Bertz CT molecular complexity index is 284. The highest BCUT2D eigenvalue weighted by molar-refractivity contribution is 5.02. The van der Waals surface area contributed by atoms with Crippen LogP contribution in [0.2, 0.25) is 0 Å². The quantitative estimate of drug-likeness (QED) is 0.661. The normalized spacial score (nSPS) is 11.2. The minimum absolute atomic E-state index is 0.728. The molecule has 2 N–H and O–H groups in total. The highest BCUT2D eigenvalue weighted by atomic mass is 16.5. The Morgan fingerprint density at radius 3 is 2.69 bits per heavy atom. The van der Waals surface area contributed by atoms with Gasteiger partial charge in [-0.3, -0.25) is 0 Å². The second-order valence-corrected chi connectivity index (χ2v) is 4.56. The van der Waals surface area contributed by atoms with Crippen LogP contribution >= 0.6 is 0 Å². The number of hydrogen-bond donors (Lipinski definition) is 2. The number of nitrogens with one attached hydrogen (secondary N) is 2. The molecule has 0 unspecified atom stereocenters. The summed E-state index contributed by atoms with van der Waals surface area (Å²) in [5, 5.41) is 10.7. The van der Waals surface area contributed by atoms with Crippen molar-refractivity contribution in [3.8, 4) is 0 Å². The monoisotopic (exact) mass is 225 g/mol. The van der Waals surface area contributed by atoms with Crippen molar-refractivity contribution in [1.29, 1.82) is 0 Å². The van der Waals surface area contributed by atoms with Crippen molar-refractivity contribution in [3.05, 3.63) is 17.5 Å². The van der Waals surface area contributed by atoms with Gasteiger partial charge in [0.25, 0.3) is 0 Å². The van der Waals surface area contributed by atoms with Crippen molar-refractivity contribution in [3.63, 3.8) is 0 Å². The number of aromatic nitrogens is 1. The van der Waals surface area contributed by atoms with E-state index in [4.69, 9.17) is 4.52 Å². The van der Waals surface area contributed by atoms with Crippen molar-refractivity contribution < 1.29 is 4.52 Å². The molecule has 0 aromatic carbocycles. The molecule has 0 aliphatic heterocycles. The third kappa shape index (κ3) is 5.88. The second-order valence-electron chi connectivity index (χ2n) is 4.56. The average molecular weight is 225 g/mol. The Morgan fingerprint density at radius 2 is 2.06 bits per heavy atom. The lowest BCUT2D eigenvalue weighted by atomic mass is 10.2. The molecule has 0 aliphatic carbocycles. The first-order valence-electron chi connectivity index (χ1n) is 6.02. The van der Waals surface area contributed by atoms with Gasteiger partial charge in [-0.25, -0.2) is 0 Å². The van der Waals surface area contributed by atoms with E-state index in [0.29, 0.717) is 0 Å². The van der Waals surface area contributed by atoms with E-state index in [2.05, 4.69) is 29.6 Å². The number of hydrogen-bond acceptors (Lipinski definition) is 4. The maximum Gasteiger partial charge on any atom is 0.133 e. The van der Waals surface area contributed by atoms with Gasteiger partial charge in [-0.1, -0.05) is 19.0 Å². The molecule has 4 nitrogen and oxygen atoms in total. The van der Waals surface area contributed by atoms with Crippen molar-refractivity contribution in [2.75, 3.05) is 19.6 Å². The first kappa shape index (κ1) is 13.2.